The molecule has 0 saturated carbocycles. The monoisotopic (exact) mass is 356 g/mol. The Hall–Kier alpha value is -2.21. The van der Waals surface area contributed by atoms with Crippen LogP contribution in [-0.2, 0) is 0 Å². The second-order valence-corrected chi connectivity index (χ2v) is 7.38. The zero-order valence-electron chi connectivity index (χ0n) is 15.5. The van der Waals surface area contributed by atoms with Crippen LogP contribution in [0, 0.1) is 18.7 Å². The van der Waals surface area contributed by atoms with Gasteiger partial charge in [-0.1, -0.05) is 0 Å². The molecule has 6 heteroatoms. The molecule has 2 bridgehead atoms. The second-order valence-electron chi connectivity index (χ2n) is 7.38. The van der Waals surface area contributed by atoms with Crippen molar-refractivity contribution in [3.63, 3.8) is 0 Å². The summed E-state index contributed by atoms with van der Waals surface area (Å²) in [7, 11) is 1.59. The van der Waals surface area contributed by atoms with Gasteiger partial charge in [0.15, 0.2) is 0 Å². The number of fused-ring (bicyclic) bond motifs is 3. The van der Waals surface area contributed by atoms with Crippen LogP contribution in [0.3, 0.4) is 0 Å². The predicted molar refractivity (Wildman–Crippen MR) is 99.9 cm³/mol. The molecule has 0 aliphatic carbocycles. The van der Waals surface area contributed by atoms with E-state index in [-0.39, 0.29) is 5.82 Å². The first-order chi connectivity index (χ1) is 12.6. The molecule has 3 aliphatic rings. The highest BCUT2D eigenvalue weighted by Crippen LogP contribution is 2.34. The van der Waals surface area contributed by atoms with Gasteiger partial charge in [0, 0.05) is 35.6 Å². The molecule has 3 saturated heterocycles. The van der Waals surface area contributed by atoms with Crippen molar-refractivity contribution < 1.29 is 9.13 Å². The number of aromatic nitrogens is 2. The van der Waals surface area contributed by atoms with Gasteiger partial charge in [-0.3, -0.25) is 4.90 Å². The normalized spacial score (nSPS) is 27.4. The van der Waals surface area contributed by atoms with E-state index in [2.05, 4.69) is 27.1 Å². The van der Waals surface area contributed by atoms with E-state index in [0.29, 0.717) is 40.8 Å². The zero-order valence-corrected chi connectivity index (χ0v) is 15.5. The molecule has 3 fully saturated rings. The molecule has 2 aromatic rings. The number of methoxy groups -OCH3 is 1. The number of ether oxygens (including phenoxy) is 1. The Kier molecular flexibility index (Phi) is 4.53. The Balaban J connectivity index is 1.54. The van der Waals surface area contributed by atoms with E-state index in [4.69, 9.17) is 4.74 Å². The number of nitrogens with one attached hydrogen (secondary N) is 1. The highest BCUT2D eigenvalue weighted by atomic mass is 19.1. The predicted octanol–water partition coefficient (Wildman–Crippen LogP) is 3.49. The number of hydrogen-bond acceptors (Lipinski definition) is 5. The van der Waals surface area contributed by atoms with Crippen molar-refractivity contribution >= 4 is 5.95 Å². The number of anilines is 1. The summed E-state index contributed by atoms with van der Waals surface area (Å²) in [5, 5.41) is 3.50. The molecule has 0 spiro atoms. The maximum absolute atomic E-state index is 14.3. The van der Waals surface area contributed by atoms with Crippen molar-refractivity contribution in [1.29, 1.82) is 0 Å². The van der Waals surface area contributed by atoms with E-state index in [9.17, 15) is 4.39 Å². The van der Waals surface area contributed by atoms with Gasteiger partial charge in [-0.15, -0.1) is 0 Å². The minimum Gasteiger partial charge on any atom is -0.496 e. The number of piperidine rings is 3. The fourth-order valence-electron chi connectivity index (χ4n) is 4.33. The standard InChI is InChI=1S/C20H25FN4O/c1-12-8-17(21)16(9-18(12)26-3)15-10-22-20(23-11-15)24-19-13(2)25-6-4-14(19)5-7-25/h8-11,13-14,19H,4-7H2,1-3H3,(H,22,23,24)/t13-,19+/m1/s1. The summed E-state index contributed by atoms with van der Waals surface area (Å²) in [5.74, 6) is 1.65. The van der Waals surface area contributed by atoms with Gasteiger partial charge in [-0.25, -0.2) is 14.4 Å². The Morgan fingerprint density at radius 3 is 2.50 bits per heavy atom. The van der Waals surface area contributed by atoms with Crippen molar-refractivity contribution in [3.05, 3.63) is 35.9 Å². The first-order valence-electron chi connectivity index (χ1n) is 9.24. The van der Waals surface area contributed by atoms with E-state index >= 15 is 0 Å². The average molecular weight is 356 g/mol. The molecule has 5 nitrogen and oxygen atoms in total. The first kappa shape index (κ1) is 17.2. The molecule has 3 aliphatic heterocycles. The van der Waals surface area contributed by atoms with E-state index < -0.39 is 0 Å². The summed E-state index contributed by atoms with van der Waals surface area (Å²) in [4.78, 5) is 11.4. The van der Waals surface area contributed by atoms with Gasteiger partial charge >= 0.3 is 0 Å². The van der Waals surface area contributed by atoms with Crippen LogP contribution in [0.2, 0.25) is 0 Å². The summed E-state index contributed by atoms with van der Waals surface area (Å²) in [6.07, 6.45) is 5.81. The number of aryl methyl sites for hydroxylation is 1. The van der Waals surface area contributed by atoms with Gasteiger partial charge < -0.3 is 10.1 Å². The van der Waals surface area contributed by atoms with Crippen LogP contribution in [0.25, 0.3) is 11.1 Å². The number of nitrogens with zero attached hydrogens (tertiary/aromatic N) is 3. The Bertz CT molecular complexity index is 785. The SMILES string of the molecule is COc1cc(-c2cnc(N[C@@H]3C4CCN(CC4)[C@@H]3C)nc2)c(F)cc1C. The molecule has 2 atom stereocenters. The zero-order chi connectivity index (χ0) is 18.3. The third-order valence-electron chi connectivity index (χ3n) is 5.92. The third-order valence-corrected chi connectivity index (χ3v) is 5.92. The fraction of sp³-hybridized carbons (Fsp3) is 0.500. The van der Waals surface area contributed by atoms with Gasteiger partial charge in [0.2, 0.25) is 5.95 Å². The van der Waals surface area contributed by atoms with Crippen LogP contribution in [0.15, 0.2) is 24.5 Å². The molecule has 0 unspecified atom stereocenters. The van der Waals surface area contributed by atoms with E-state index in [1.54, 1.807) is 25.6 Å². The smallest absolute Gasteiger partial charge is 0.222 e. The lowest BCUT2D eigenvalue weighted by Gasteiger charge is -2.49. The highest BCUT2D eigenvalue weighted by Gasteiger charge is 2.39. The van der Waals surface area contributed by atoms with Gasteiger partial charge in [0.05, 0.1) is 7.11 Å². The van der Waals surface area contributed by atoms with Crippen LogP contribution < -0.4 is 10.1 Å². The lowest BCUT2D eigenvalue weighted by molar-refractivity contribution is 0.0455. The quantitative estimate of drug-likeness (QED) is 0.909. The third kappa shape index (κ3) is 3.03. The summed E-state index contributed by atoms with van der Waals surface area (Å²) >= 11 is 0. The minimum absolute atomic E-state index is 0.293. The number of halogens is 1. The molecule has 5 rings (SSSR count). The van der Waals surface area contributed by atoms with E-state index in [1.165, 1.54) is 32.0 Å². The lowest BCUT2D eigenvalue weighted by atomic mass is 9.79. The molecule has 1 aromatic heterocycles. The molecule has 26 heavy (non-hydrogen) atoms. The van der Waals surface area contributed by atoms with Crippen LogP contribution in [0.1, 0.15) is 25.3 Å². The molecular formula is C20H25FN4O. The van der Waals surface area contributed by atoms with Crippen molar-refractivity contribution in [1.82, 2.24) is 14.9 Å². The fourth-order valence-corrected chi connectivity index (χ4v) is 4.33. The maximum Gasteiger partial charge on any atom is 0.222 e. The highest BCUT2D eigenvalue weighted by molar-refractivity contribution is 5.65. The van der Waals surface area contributed by atoms with Crippen molar-refractivity contribution in [2.75, 3.05) is 25.5 Å². The molecule has 0 amide bonds. The molecule has 1 N–H and O–H groups in total. The Morgan fingerprint density at radius 1 is 1.19 bits per heavy atom. The Morgan fingerprint density at radius 2 is 1.88 bits per heavy atom. The molecule has 1 aromatic carbocycles. The maximum atomic E-state index is 14.3. The molecule has 4 heterocycles. The summed E-state index contributed by atoms with van der Waals surface area (Å²) in [6.45, 7) is 6.48. The van der Waals surface area contributed by atoms with E-state index in [0.717, 1.165) is 5.56 Å². The molecular weight excluding hydrogens is 331 g/mol. The van der Waals surface area contributed by atoms with Crippen LogP contribution in [0.4, 0.5) is 10.3 Å². The lowest BCUT2D eigenvalue weighted by Crippen LogP contribution is -2.59. The van der Waals surface area contributed by atoms with Crippen LogP contribution in [0.5, 0.6) is 5.75 Å². The first-order valence-corrected chi connectivity index (χ1v) is 9.24. The van der Waals surface area contributed by atoms with Crippen LogP contribution >= 0.6 is 0 Å². The topological polar surface area (TPSA) is 50.3 Å². The van der Waals surface area contributed by atoms with Crippen molar-refractivity contribution in [3.8, 4) is 16.9 Å². The number of benzene rings is 1. The summed E-state index contributed by atoms with van der Waals surface area (Å²) < 4.78 is 19.6. The van der Waals surface area contributed by atoms with Gasteiger partial charge in [0.25, 0.3) is 0 Å². The summed E-state index contributed by atoms with van der Waals surface area (Å²) in [5.41, 5.74) is 1.87. The van der Waals surface area contributed by atoms with Gasteiger partial charge in [-0.05, 0) is 63.4 Å². The van der Waals surface area contributed by atoms with Gasteiger partial charge in [0.1, 0.15) is 11.6 Å². The second kappa shape index (κ2) is 6.83. The summed E-state index contributed by atoms with van der Waals surface area (Å²) in [6, 6.07) is 4.05. The number of rotatable bonds is 4. The van der Waals surface area contributed by atoms with Gasteiger partial charge in [-0.2, -0.15) is 0 Å². The van der Waals surface area contributed by atoms with Crippen molar-refractivity contribution in [2.24, 2.45) is 5.92 Å². The van der Waals surface area contributed by atoms with Crippen LogP contribution in [-0.4, -0.2) is 47.2 Å². The van der Waals surface area contributed by atoms with E-state index in [1.807, 2.05) is 6.92 Å². The minimum atomic E-state index is -0.293. The number of hydrogen-bond donors (Lipinski definition) is 1. The Labute approximate surface area is 153 Å². The largest absolute Gasteiger partial charge is 0.496 e. The van der Waals surface area contributed by atoms with Crippen molar-refractivity contribution in [2.45, 2.75) is 38.8 Å². The molecule has 138 valence electrons. The average Bonchev–Trinajstić information content (AvgIpc) is 2.66. The molecule has 0 radical (unpaired) electrons.